The van der Waals surface area contributed by atoms with Crippen molar-refractivity contribution < 1.29 is 16.8 Å². The van der Waals surface area contributed by atoms with E-state index in [1.807, 2.05) is 6.20 Å². The van der Waals surface area contributed by atoms with Crippen LogP contribution >= 0.6 is 11.3 Å². The van der Waals surface area contributed by atoms with E-state index in [0.717, 1.165) is 34.1 Å². The normalized spacial score (nSPS) is 17.4. The van der Waals surface area contributed by atoms with Crippen LogP contribution in [0.5, 0.6) is 0 Å². The fraction of sp³-hybridized carbons (Fsp3) is 0.412. The summed E-state index contributed by atoms with van der Waals surface area (Å²) in [5.41, 5.74) is 1.56. The lowest BCUT2D eigenvalue weighted by molar-refractivity contribution is 0.320. The quantitative estimate of drug-likeness (QED) is 0.615. The van der Waals surface area contributed by atoms with Gasteiger partial charge < -0.3 is 0 Å². The number of aromatic nitrogens is 3. The smallest absolute Gasteiger partial charge is 0.212 e. The molecule has 3 aromatic rings. The summed E-state index contributed by atoms with van der Waals surface area (Å²) >= 11 is 1.51. The second-order valence-corrected chi connectivity index (χ2v) is 12.0. The van der Waals surface area contributed by atoms with E-state index >= 15 is 0 Å². The molecule has 1 aliphatic rings. The van der Waals surface area contributed by atoms with Crippen LogP contribution in [-0.4, -0.2) is 61.3 Å². The van der Waals surface area contributed by atoms with Gasteiger partial charge in [-0.2, -0.15) is 5.10 Å². The van der Waals surface area contributed by atoms with Gasteiger partial charge in [0, 0.05) is 30.8 Å². The zero-order chi connectivity index (χ0) is 20.1. The van der Waals surface area contributed by atoms with Gasteiger partial charge >= 0.3 is 0 Å². The maximum absolute atomic E-state index is 11.6. The largest absolute Gasteiger partial charge is 0.224 e. The number of fused-ring (bicyclic) bond motifs is 1. The van der Waals surface area contributed by atoms with Gasteiger partial charge in [-0.1, -0.05) is 23.5 Å². The van der Waals surface area contributed by atoms with Crippen molar-refractivity contribution in [3.63, 3.8) is 0 Å². The number of rotatable bonds is 4. The molecule has 1 fully saturated rings. The number of imidazole rings is 1. The van der Waals surface area contributed by atoms with E-state index < -0.39 is 19.9 Å². The number of hydrogen-bond donors (Lipinski definition) is 0. The Morgan fingerprint density at radius 2 is 1.68 bits per heavy atom. The molecule has 0 spiro atoms. The van der Waals surface area contributed by atoms with Gasteiger partial charge in [0.2, 0.25) is 15.0 Å². The third kappa shape index (κ3) is 3.84. The molecule has 3 heterocycles. The molecule has 4 rings (SSSR count). The predicted molar refractivity (Wildman–Crippen MR) is 108 cm³/mol. The molecule has 1 aliphatic heterocycles. The third-order valence-electron chi connectivity index (χ3n) is 4.91. The highest BCUT2D eigenvalue weighted by atomic mass is 32.2. The summed E-state index contributed by atoms with van der Waals surface area (Å²) in [5.74, 6) is 0.238. The Balaban J connectivity index is 1.53. The van der Waals surface area contributed by atoms with E-state index in [0.29, 0.717) is 13.1 Å². The maximum atomic E-state index is 11.6. The number of sulfonamides is 1. The SMILES string of the molecule is CS(=O)(=O)c1ccc(-c2cn3nc(C4CCN(S(C)(=O)=O)CC4)sc3n2)cc1. The lowest BCUT2D eigenvalue weighted by Crippen LogP contribution is -2.37. The van der Waals surface area contributed by atoms with Crippen molar-refractivity contribution in [2.24, 2.45) is 0 Å². The number of piperidine rings is 1. The fourth-order valence-electron chi connectivity index (χ4n) is 3.33. The number of hydrogen-bond acceptors (Lipinski definition) is 7. The van der Waals surface area contributed by atoms with Crippen LogP contribution < -0.4 is 0 Å². The van der Waals surface area contributed by atoms with E-state index in [1.54, 1.807) is 28.8 Å². The Hall–Kier alpha value is -1.82. The van der Waals surface area contributed by atoms with E-state index in [4.69, 9.17) is 0 Å². The zero-order valence-electron chi connectivity index (χ0n) is 15.4. The van der Waals surface area contributed by atoms with Crippen molar-refractivity contribution >= 4 is 36.2 Å². The molecule has 28 heavy (non-hydrogen) atoms. The molecule has 0 N–H and O–H groups in total. The molecular weight excluding hydrogens is 420 g/mol. The van der Waals surface area contributed by atoms with Crippen LogP contribution in [0.3, 0.4) is 0 Å². The highest BCUT2D eigenvalue weighted by molar-refractivity contribution is 7.90. The standard InChI is InChI=1S/C17H20N4O4S3/c1-27(22,23)14-5-3-12(4-6-14)15-11-21-17(18-15)26-16(19-21)13-7-9-20(10-8-13)28(2,24)25/h3-6,11,13H,7-10H2,1-2H3. The van der Waals surface area contributed by atoms with Crippen LogP contribution in [0.2, 0.25) is 0 Å². The molecule has 0 saturated carbocycles. The summed E-state index contributed by atoms with van der Waals surface area (Å²) in [6.45, 7) is 1.03. The van der Waals surface area contributed by atoms with E-state index in [2.05, 4.69) is 10.1 Å². The molecule has 11 heteroatoms. The van der Waals surface area contributed by atoms with Gasteiger partial charge in [0.25, 0.3) is 0 Å². The van der Waals surface area contributed by atoms with Gasteiger partial charge in [0.05, 0.1) is 23.0 Å². The van der Waals surface area contributed by atoms with Gasteiger partial charge in [-0.25, -0.2) is 30.6 Å². The van der Waals surface area contributed by atoms with Gasteiger partial charge in [-0.05, 0) is 25.0 Å². The Labute approximate surface area is 167 Å². The van der Waals surface area contributed by atoms with Gasteiger partial charge in [-0.3, -0.25) is 0 Å². The fourth-order valence-corrected chi connectivity index (χ4v) is 5.88. The molecule has 1 saturated heterocycles. The van der Waals surface area contributed by atoms with Crippen LogP contribution in [0.1, 0.15) is 23.8 Å². The second kappa shape index (κ2) is 6.90. The number of benzene rings is 1. The zero-order valence-corrected chi connectivity index (χ0v) is 17.9. The average molecular weight is 441 g/mol. The van der Waals surface area contributed by atoms with Crippen LogP contribution in [0.4, 0.5) is 0 Å². The van der Waals surface area contributed by atoms with Crippen molar-refractivity contribution in [2.45, 2.75) is 23.7 Å². The summed E-state index contributed by atoms with van der Waals surface area (Å²) in [7, 11) is -6.36. The van der Waals surface area contributed by atoms with Crippen LogP contribution in [0.15, 0.2) is 35.4 Å². The number of nitrogens with zero attached hydrogens (tertiary/aromatic N) is 4. The maximum Gasteiger partial charge on any atom is 0.212 e. The van der Waals surface area contributed by atoms with E-state index in [1.165, 1.54) is 28.2 Å². The molecule has 0 radical (unpaired) electrons. The second-order valence-electron chi connectivity index (χ2n) is 7.03. The highest BCUT2D eigenvalue weighted by Crippen LogP contribution is 2.33. The first-order chi connectivity index (χ1) is 13.1. The summed E-state index contributed by atoms with van der Waals surface area (Å²) in [5, 5.41) is 5.60. The lowest BCUT2D eigenvalue weighted by atomic mass is 9.99. The third-order valence-corrected chi connectivity index (χ3v) is 8.43. The minimum atomic E-state index is -3.22. The van der Waals surface area contributed by atoms with Crippen molar-refractivity contribution in [1.82, 2.24) is 18.9 Å². The van der Waals surface area contributed by atoms with Gasteiger partial charge in [0.1, 0.15) is 5.01 Å². The average Bonchev–Trinajstić information content (AvgIpc) is 3.19. The highest BCUT2D eigenvalue weighted by Gasteiger charge is 2.28. The molecule has 2 aromatic heterocycles. The summed E-state index contributed by atoms with van der Waals surface area (Å²) in [6, 6.07) is 6.63. The molecule has 1 aromatic carbocycles. The van der Waals surface area contributed by atoms with E-state index in [-0.39, 0.29) is 10.8 Å². The Morgan fingerprint density at radius 3 is 2.21 bits per heavy atom. The Bertz CT molecular complexity index is 1190. The van der Waals surface area contributed by atoms with Crippen molar-refractivity contribution in [3.05, 3.63) is 35.5 Å². The predicted octanol–water partition coefficient (Wildman–Crippen LogP) is 2.00. The Morgan fingerprint density at radius 1 is 1.04 bits per heavy atom. The van der Waals surface area contributed by atoms with E-state index in [9.17, 15) is 16.8 Å². The monoisotopic (exact) mass is 440 g/mol. The number of sulfone groups is 1. The van der Waals surface area contributed by atoms with Crippen molar-refractivity contribution in [2.75, 3.05) is 25.6 Å². The van der Waals surface area contributed by atoms with Crippen LogP contribution in [-0.2, 0) is 19.9 Å². The van der Waals surface area contributed by atoms with Crippen molar-refractivity contribution in [3.8, 4) is 11.3 Å². The molecule has 0 amide bonds. The molecular formula is C17H20N4O4S3. The minimum absolute atomic E-state index is 0.238. The minimum Gasteiger partial charge on any atom is -0.224 e. The Kier molecular flexibility index (Phi) is 4.81. The summed E-state index contributed by atoms with van der Waals surface area (Å²) < 4.78 is 49.7. The molecule has 0 aliphatic carbocycles. The first-order valence-corrected chi connectivity index (χ1v) is 13.3. The first-order valence-electron chi connectivity index (χ1n) is 8.73. The van der Waals surface area contributed by atoms with Crippen molar-refractivity contribution in [1.29, 1.82) is 0 Å². The van der Waals surface area contributed by atoms with Gasteiger partial charge in [-0.15, -0.1) is 0 Å². The first kappa shape index (κ1) is 19.5. The molecule has 0 atom stereocenters. The lowest BCUT2D eigenvalue weighted by Gasteiger charge is -2.28. The molecule has 8 nitrogen and oxygen atoms in total. The summed E-state index contributed by atoms with van der Waals surface area (Å²) in [6.07, 6.45) is 5.76. The summed E-state index contributed by atoms with van der Waals surface area (Å²) in [4.78, 5) is 5.65. The molecule has 0 bridgehead atoms. The molecule has 150 valence electrons. The van der Waals surface area contributed by atoms with Gasteiger partial charge in [0.15, 0.2) is 9.84 Å². The van der Waals surface area contributed by atoms with Crippen LogP contribution in [0, 0.1) is 0 Å². The topological polar surface area (TPSA) is 102 Å². The molecule has 0 unspecified atom stereocenters. The van der Waals surface area contributed by atoms with Crippen LogP contribution in [0.25, 0.3) is 16.2 Å².